The molecule has 1 aliphatic carbocycles. The number of hydrogen-bond donors (Lipinski definition) is 1. The smallest absolute Gasteiger partial charge is 0.313 e. The van der Waals surface area contributed by atoms with Crippen molar-refractivity contribution in [2.45, 2.75) is 45.1 Å². The van der Waals surface area contributed by atoms with Gasteiger partial charge in [-0.25, -0.2) is 0 Å². The highest BCUT2D eigenvalue weighted by Gasteiger charge is 2.31. The third kappa shape index (κ3) is 2.01. The first-order valence-electron chi connectivity index (χ1n) is 7.32. The fourth-order valence-electron chi connectivity index (χ4n) is 3.00. The van der Waals surface area contributed by atoms with Gasteiger partial charge in [-0.2, -0.15) is 0 Å². The lowest BCUT2D eigenvalue weighted by Crippen LogP contribution is -2.28. The van der Waals surface area contributed by atoms with Crippen molar-refractivity contribution in [3.63, 3.8) is 0 Å². The van der Waals surface area contributed by atoms with Crippen LogP contribution in [0.3, 0.4) is 0 Å². The number of fused-ring (bicyclic) bond motifs is 1. The van der Waals surface area contributed by atoms with E-state index in [0.29, 0.717) is 0 Å². The van der Waals surface area contributed by atoms with E-state index in [2.05, 4.69) is 22.9 Å². The van der Waals surface area contributed by atoms with Crippen molar-refractivity contribution in [3.8, 4) is 0 Å². The molecule has 1 aliphatic rings. The number of carboxylic acids is 1. The second kappa shape index (κ2) is 4.65. The molecule has 0 saturated heterocycles. The first-order valence-corrected chi connectivity index (χ1v) is 7.32. The van der Waals surface area contributed by atoms with Gasteiger partial charge >= 0.3 is 5.97 Å². The molecule has 0 unspecified atom stereocenters. The van der Waals surface area contributed by atoms with Crippen LogP contribution in [0.2, 0.25) is 0 Å². The van der Waals surface area contributed by atoms with Gasteiger partial charge in [0.25, 0.3) is 0 Å². The van der Waals surface area contributed by atoms with Crippen molar-refractivity contribution in [2.75, 3.05) is 0 Å². The van der Waals surface area contributed by atoms with E-state index in [1.165, 1.54) is 19.3 Å². The molecule has 3 nitrogen and oxygen atoms in total. The van der Waals surface area contributed by atoms with Gasteiger partial charge in [0.1, 0.15) is 0 Å². The van der Waals surface area contributed by atoms with Crippen molar-refractivity contribution in [3.05, 3.63) is 36.0 Å². The highest BCUT2D eigenvalue weighted by molar-refractivity contribution is 5.91. The van der Waals surface area contributed by atoms with E-state index in [4.69, 9.17) is 0 Å². The number of aromatic nitrogens is 1. The summed E-state index contributed by atoms with van der Waals surface area (Å²) in [6.45, 7) is 4.60. The Bertz CT molecular complexity index is 650. The normalized spacial score (nSPS) is 16.3. The summed E-state index contributed by atoms with van der Waals surface area (Å²) >= 11 is 0. The summed E-state index contributed by atoms with van der Waals surface area (Å²) in [6, 6.07) is 8.06. The Kier molecular flexibility index (Phi) is 3.08. The van der Waals surface area contributed by atoms with Gasteiger partial charge in [-0.05, 0) is 50.3 Å². The lowest BCUT2D eigenvalue weighted by molar-refractivity contribution is -0.142. The summed E-state index contributed by atoms with van der Waals surface area (Å²) in [4.78, 5) is 11.5. The third-order valence-corrected chi connectivity index (χ3v) is 4.70. The van der Waals surface area contributed by atoms with E-state index >= 15 is 0 Å². The SMILES string of the molecule is CC(C)(C(=O)O)c1cccc2c1ccn2CC1CCC1. The largest absolute Gasteiger partial charge is 0.481 e. The maximum Gasteiger partial charge on any atom is 0.313 e. The molecular weight excluding hydrogens is 250 g/mol. The van der Waals surface area contributed by atoms with Gasteiger partial charge in [0.05, 0.1) is 5.41 Å². The fraction of sp³-hybridized carbons (Fsp3) is 0.471. The van der Waals surface area contributed by atoms with Crippen LogP contribution in [-0.4, -0.2) is 15.6 Å². The molecule has 1 saturated carbocycles. The van der Waals surface area contributed by atoms with Crippen molar-refractivity contribution in [2.24, 2.45) is 5.92 Å². The highest BCUT2D eigenvalue weighted by atomic mass is 16.4. The second-order valence-corrected chi connectivity index (χ2v) is 6.43. The van der Waals surface area contributed by atoms with Crippen LogP contribution in [0.4, 0.5) is 0 Å². The Hall–Kier alpha value is -1.77. The summed E-state index contributed by atoms with van der Waals surface area (Å²) in [5.74, 6) is 0.0125. The topological polar surface area (TPSA) is 42.2 Å². The average Bonchev–Trinajstić information content (AvgIpc) is 2.76. The zero-order valence-corrected chi connectivity index (χ0v) is 12.1. The molecule has 20 heavy (non-hydrogen) atoms. The van der Waals surface area contributed by atoms with E-state index in [0.717, 1.165) is 28.9 Å². The van der Waals surface area contributed by atoms with E-state index in [9.17, 15) is 9.90 Å². The van der Waals surface area contributed by atoms with Crippen LogP contribution in [0.15, 0.2) is 30.5 Å². The minimum atomic E-state index is -0.859. The number of aliphatic carboxylic acids is 1. The molecule has 1 fully saturated rings. The molecule has 1 heterocycles. The lowest BCUT2D eigenvalue weighted by atomic mass is 9.83. The predicted octanol–water partition coefficient (Wildman–Crippen LogP) is 3.80. The van der Waals surface area contributed by atoms with Crippen LogP contribution in [0, 0.1) is 5.92 Å². The summed E-state index contributed by atoms with van der Waals surface area (Å²) in [5, 5.41) is 10.5. The van der Waals surface area contributed by atoms with Crippen molar-refractivity contribution < 1.29 is 9.90 Å². The highest BCUT2D eigenvalue weighted by Crippen LogP contribution is 2.33. The molecular formula is C17H21NO2. The molecule has 0 bridgehead atoms. The van der Waals surface area contributed by atoms with Crippen molar-refractivity contribution in [1.29, 1.82) is 0 Å². The Morgan fingerprint density at radius 2 is 2.10 bits per heavy atom. The summed E-state index contributed by atoms with van der Waals surface area (Å²) in [6.07, 6.45) is 6.09. The zero-order valence-electron chi connectivity index (χ0n) is 12.1. The van der Waals surface area contributed by atoms with Crippen LogP contribution < -0.4 is 0 Å². The second-order valence-electron chi connectivity index (χ2n) is 6.43. The third-order valence-electron chi connectivity index (χ3n) is 4.70. The van der Waals surface area contributed by atoms with E-state index in [1.807, 2.05) is 12.1 Å². The summed E-state index contributed by atoms with van der Waals surface area (Å²) in [7, 11) is 0. The molecule has 1 aromatic heterocycles. The monoisotopic (exact) mass is 271 g/mol. The Labute approximate surface area is 119 Å². The maximum atomic E-state index is 11.5. The van der Waals surface area contributed by atoms with Gasteiger partial charge in [-0.3, -0.25) is 4.79 Å². The number of carboxylic acid groups (broad SMARTS) is 1. The van der Waals surface area contributed by atoms with Crippen LogP contribution in [0.5, 0.6) is 0 Å². The van der Waals surface area contributed by atoms with Gasteiger partial charge in [0.2, 0.25) is 0 Å². The Morgan fingerprint density at radius 3 is 2.70 bits per heavy atom. The van der Waals surface area contributed by atoms with Crippen LogP contribution in [-0.2, 0) is 16.8 Å². The van der Waals surface area contributed by atoms with Crippen LogP contribution in [0.25, 0.3) is 10.9 Å². The molecule has 2 aromatic rings. The molecule has 0 amide bonds. The summed E-state index contributed by atoms with van der Waals surface area (Å²) < 4.78 is 2.28. The summed E-state index contributed by atoms with van der Waals surface area (Å²) in [5.41, 5.74) is 1.20. The molecule has 3 rings (SSSR count). The van der Waals surface area contributed by atoms with Gasteiger partial charge in [0.15, 0.2) is 0 Å². The predicted molar refractivity (Wildman–Crippen MR) is 79.9 cm³/mol. The minimum Gasteiger partial charge on any atom is -0.481 e. The molecule has 0 spiro atoms. The van der Waals surface area contributed by atoms with E-state index in [1.54, 1.807) is 13.8 Å². The molecule has 0 atom stereocenters. The first-order chi connectivity index (χ1) is 9.50. The minimum absolute atomic E-state index is 0.781. The first kappa shape index (κ1) is 13.2. The molecule has 3 heteroatoms. The molecule has 0 aliphatic heterocycles. The van der Waals surface area contributed by atoms with E-state index < -0.39 is 11.4 Å². The van der Waals surface area contributed by atoms with Gasteiger partial charge in [-0.15, -0.1) is 0 Å². The number of nitrogens with zero attached hydrogens (tertiary/aromatic N) is 1. The van der Waals surface area contributed by atoms with Crippen molar-refractivity contribution >= 4 is 16.9 Å². The van der Waals surface area contributed by atoms with Crippen LogP contribution >= 0.6 is 0 Å². The van der Waals surface area contributed by atoms with Gasteiger partial charge < -0.3 is 9.67 Å². The molecule has 0 radical (unpaired) electrons. The van der Waals surface area contributed by atoms with E-state index in [-0.39, 0.29) is 0 Å². The number of hydrogen-bond acceptors (Lipinski definition) is 1. The number of benzene rings is 1. The molecule has 1 N–H and O–H groups in total. The van der Waals surface area contributed by atoms with Gasteiger partial charge in [-0.1, -0.05) is 18.6 Å². The quantitative estimate of drug-likeness (QED) is 0.919. The maximum absolute atomic E-state index is 11.5. The molecule has 106 valence electrons. The van der Waals surface area contributed by atoms with Gasteiger partial charge in [0, 0.05) is 23.6 Å². The average molecular weight is 271 g/mol. The lowest BCUT2D eigenvalue weighted by Gasteiger charge is -2.26. The standard InChI is InChI=1S/C17H21NO2/c1-17(2,16(19)20)14-7-4-8-15-13(14)9-10-18(15)11-12-5-3-6-12/h4,7-10,12H,3,5-6,11H2,1-2H3,(H,19,20). The Balaban J connectivity index is 2.05. The Morgan fingerprint density at radius 1 is 1.35 bits per heavy atom. The zero-order chi connectivity index (χ0) is 14.3. The number of carbonyl (C=O) groups is 1. The van der Waals surface area contributed by atoms with Crippen molar-refractivity contribution in [1.82, 2.24) is 4.57 Å². The number of rotatable bonds is 4. The fourth-order valence-corrected chi connectivity index (χ4v) is 3.00. The molecule has 1 aromatic carbocycles. The van der Waals surface area contributed by atoms with Crippen LogP contribution in [0.1, 0.15) is 38.7 Å².